The molecule has 0 aliphatic heterocycles. The van der Waals surface area contributed by atoms with Crippen LogP contribution >= 0.6 is 34.9 Å². The van der Waals surface area contributed by atoms with Crippen molar-refractivity contribution in [3.8, 4) is 11.5 Å². The molecule has 11 heteroatoms. The summed E-state index contributed by atoms with van der Waals surface area (Å²) in [5, 5.41) is 28.2. The third kappa shape index (κ3) is 10.5. The van der Waals surface area contributed by atoms with Crippen molar-refractivity contribution in [1.29, 1.82) is 0 Å². The zero-order chi connectivity index (χ0) is 30.1. The molecule has 0 bridgehead atoms. The van der Waals surface area contributed by atoms with Crippen molar-refractivity contribution in [3.63, 3.8) is 0 Å². The Morgan fingerprint density at radius 3 is 1.41 bits per heavy atom. The smallest absolute Gasteiger partial charge is 0.306 e. The first kappa shape index (κ1) is 32.8. The Bertz CT molecular complexity index is 1210. The fourth-order valence-corrected chi connectivity index (χ4v) is 7.11. The molecule has 0 spiro atoms. The number of ether oxygens (including phenoxy) is 2. The standard InChI is InChI=1S/C30H38N2O6S3/c1-17-11-23(12-18(2)27(17)35)7-9-25(33)37-21(5)15-39-29-31-32-30(41-29)40-16-22(6)38-26(34)10-8-24-13-19(3)28(36)20(4)14-24/h11-14,21-22,35-36H,7-10,15-16H2,1-6H3. The van der Waals surface area contributed by atoms with E-state index >= 15 is 0 Å². The van der Waals surface area contributed by atoms with Gasteiger partial charge in [0.2, 0.25) is 0 Å². The first-order valence-electron chi connectivity index (χ1n) is 13.5. The molecule has 0 aliphatic carbocycles. The maximum atomic E-state index is 12.3. The van der Waals surface area contributed by atoms with E-state index in [1.807, 2.05) is 65.8 Å². The van der Waals surface area contributed by atoms with Gasteiger partial charge in [0.25, 0.3) is 0 Å². The summed E-state index contributed by atoms with van der Waals surface area (Å²) in [5.74, 6) is 1.20. The summed E-state index contributed by atoms with van der Waals surface area (Å²) >= 11 is 4.44. The number of hydrogen-bond donors (Lipinski definition) is 2. The van der Waals surface area contributed by atoms with Gasteiger partial charge in [-0.25, -0.2) is 0 Å². The van der Waals surface area contributed by atoms with E-state index in [1.54, 1.807) is 0 Å². The number of aromatic nitrogens is 2. The fourth-order valence-electron chi connectivity index (χ4n) is 4.20. The van der Waals surface area contributed by atoms with Crippen molar-refractivity contribution in [2.24, 2.45) is 0 Å². The largest absolute Gasteiger partial charge is 0.507 e. The Balaban J connectivity index is 1.33. The summed E-state index contributed by atoms with van der Waals surface area (Å²) in [6.07, 6.45) is 1.12. The Morgan fingerprint density at radius 1 is 0.732 bits per heavy atom. The Labute approximate surface area is 254 Å². The molecule has 0 saturated heterocycles. The highest BCUT2D eigenvalue weighted by atomic mass is 32.2. The van der Waals surface area contributed by atoms with E-state index in [2.05, 4.69) is 10.2 Å². The second-order valence-electron chi connectivity index (χ2n) is 10.2. The molecule has 8 nitrogen and oxygen atoms in total. The molecule has 0 saturated carbocycles. The number of phenolic OH excluding ortho intramolecular Hbond substituents is 2. The quantitative estimate of drug-likeness (QED) is 0.153. The first-order chi connectivity index (χ1) is 19.4. The second kappa shape index (κ2) is 15.5. The maximum absolute atomic E-state index is 12.3. The highest BCUT2D eigenvalue weighted by Gasteiger charge is 2.16. The minimum absolute atomic E-state index is 0.258. The van der Waals surface area contributed by atoms with Gasteiger partial charge in [-0.2, -0.15) is 0 Å². The molecule has 2 N–H and O–H groups in total. The van der Waals surface area contributed by atoms with Crippen LogP contribution in [0.4, 0.5) is 0 Å². The predicted octanol–water partition coefficient (Wildman–Crippen LogP) is 6.50. The minimum Gasteiger partial charge on any atom is -0.507 e. The average molecular weight is 619 g/mol. The molecule has 0 amide bonds. The van der Waals surface area contributed by atoms with Crippen LogP contribution < -0.4 is 0 Å². The van der Waals surface area contributed by atoms with Gasteiger partial charge in [-0.3, -0.25) is 9.59 Å². The van der Waals surface area contributed by atoms with E-state index in [-0.39, 0.29) is 37.0 Å². The van der Waals surface area contributed by atoms with Crippen LogP contribution in [0.5, 0.6) is 11.5 Å². The van der Waals surface area contributed by atoms with Gasteiger partial charge in [0.15, 0.2) is 8.68 Å². The molecule has 2 atom stereocenters. The number of rotatable bonds is 14. The Hall–Kier alpha value is -2.76. The molecule has 3 aromatic rings. The topological polar surface area (TPSA) is 119 Å². The van der Waals surface area contributed by atoms with Gasteiger partial charge in [0.1, 0.15) is 23.7 Å². The monoisotopic (exact) mass is 618 g/mol. The van der Waals surface area contributed by atoms with Crippen molar-refractivity contribution >= 4 is 46.8 Å². The van der Waals surface area contributed by atoms with Gasteiger partial charge in [-0.15, -0.1) is 10.2 Å². The van der Waals surface area contributed by atoms with Crippen LogP contribution in [0.15, 0.2) is 32.9 Å². The lowest BCUT2D eigenvalue weighted by atomic mass is 10.0. The molecule has 0 radical (unpaired) electrons. The fraction of sp³-hybridized carbons (Fsp3) is 0.467. The maximum Gasteiger partial charge on any atom is 0.306 e. The van der Waals surface area contributed by atoms with Gasteiger partial charge in [0.05, 0.1) is 0 Å². The van der Waals surface area contributed by atoms with Crippen LogP contribution in [0.3, 0.4) is 0 Å². The molecule has 3 rings (SSSR count). The van der Waals surface area contributed by atoms with E-state index < -0.39 is 0 Å². The molecule has 0 fully saturated rings. The van der Waals surface area contributed by atoms with Crippen molar-refractivity contribution in [2.45, 2.75) is 88.1 Å². The normalized spacial score (nSPS) is 12.6. The molecule has 222 valence electrons. The number of phenols is 2. The van der Waals surface area contributed by atoms with Crippen molar-refractivity contribution in [3.05, 3.63) is 57.6 Å². The van der Waals surface area contributed by atoms with E-state index in [0.717, 1.165) is 42.1 Å². The zero-order valence-corrected chi connectivity index (χ0v) is 26.8. The Morgan fingerprint density at radius 2 is 1.07 bits per heavy atom. The molecule has 41 heavy (non-hydrogen) atoms. The minimum atomic E-state index is -0.273. The SMILES string of the molecule is Cc1cc(CCC(=O)OC(C)CSc2nnc(SCC(C)OC(=O)CCc3cc(C)c(O)c(C)c3)s2)cc(C)c1O. The second-order valence-corrected chi connectivity index (χ2v) is 13.7. The lowest BCUT2D eigenvalue weighted by Crippen LogP contribution is -2.17. The average Bonchev–Trinajstić information content (AvgIpc) is 3.37. The number of aryl methyl sites for hydroxylation is 6. The van der Waals surface area contributed by atoms with Crippen LogP contribution in [-0.4, -0.2) is 56.1 Å². The molecule has 2 aromatic carbocycles. The lowest BCUT2D eigenvalue weighted by molar-refractivity contribution is -0.148. The zero-order valence-electron chi connectivity index (χ0n) is 24.4. The van der Waals surface area contributed by atoms with Crippen LogP contribution in [0.2, 0.25) is 0 Å². The van der Waals surface area contributed by atoms with Crippen LogP contribution in [0.1, 0.15) is 60.1 Å². The summed E-state index contributed by atoms with van der Waals surface area (Å²) < 4.78 is 12.7. The molecule has 1 aromatic heterocycles. The van der Waals surface area contributed by atoms with Crippen molar-refractivity contribution in [1.82, 2.24) is 10.2 Å². The van der Waals surface area contributed by atoms with Crippen LogP contribution in [0, 0.1) is 27.7 Å². The number of carbonyl (C=O) groups is 2. The van der Waals surface area contributed by atoms with E-state index in [0.29, 0.717) is 35.8 Å². The summed E-state index contributed by atoms with van der Waals surface area (Å²) in [5.41, 5.74) is 5.20. The first-order valence-corrected chi connectivity index (χ1v) is 16.3. The van der Waals surface area contributed by atoms with Crippen molar-refractivity contribution in [2.75, 3.05) is 11.5 Å². The number of nitrogens with zero attached hydrogens (tertiary/aromatic N) is 2. The van der Waals surface area contributed by atoms with Gasteiger partial charge in [-0.05, 0) is 87.8 Å². The number of aromatic hydroxyl groups is 2. The van der Waals surface area contributed by atoms with Gasteiger partial charge in [0, 0.05) is 24.3 Å². The third-order valence-electron chi connectivity index (χ3n) is 6.27. The predicted molar refractivity (Wildman–Crippen MR) is 164 cm³/mol. The lowest BCUT2D eigenvalue weighted by Gasteiger charge is -2.13. The van der Waals surface area contributed by atoms with Crippen LogP contribution in [0.25, 0.3) is 0 Å². The third-order valence-corrected chi connectivity index (χ3v) is 9.92. The summed E-state index contributed by atoms with van der Waals surface area (Å²) in [7, 11) is 0. The number of carbonyl (C=O) groups excluding carboxylic acids is 2. The summed E-state index contributed by atoms with van der Waals surface area (Å²) in [4.78, 5) is 24.6. The molecule has 1 heterocycles. The van der Waals surface area contributed by atoms with Crippen molar-refractivity contribution < 1.29 is 29.3 Å². The van der Waals surface area contributed by atoms with E-state index in [1.165, 1.54) is 34.9 Å². The Kier molecular flexibility index (Phi) is 12.4. The molecule has 0 aliphatic rings. The number of thioether (sulfide) groups is 2. The van der Waals surface area contributed by atoms with Gasteiger partial charge in [-0.1, -0.05) is 59.1 Å². The van der Waals surface area contributed by atoms with Crippen LogP contribution in [-0.2, 0) is 31.9 Å². The number of benzene rings is 2. The highest BCUT2D eigenvalue weighted by Crippen LogP contribution is 2.30. The highest BCUT2D eigenvalue weighted by molar-refractivity contribution is 8.03. The number of hydrogen-bond acceptors (Lipinski definition) is 11. The van der Waals surface area contributed by atoms with E-state index in [9.17, 15) is 19.8 Å². The molecular weight excluding hydrogens is 581 g/mol. The molecule has 2 unspecified atom stereocenters. The number of esters is 2. The molecular formula is C30H38N2O6S3. The summed E-state index contributed by atoms with van der Waals surface area (Å²) in [6, 6.07) is 7.58. The van der Waals surface area contributed by atoms with Gasteiger partial charge >= 0.3 is 11.9 Å². The summed E-state index contributed by atoms with van der Waals surface area (Å²) in [6.45, 7) is 11.1. The van der Waals surface area contributed by atoms with E-state index in [4.69, 9.17) is 9.47 Å². The van der Waals surface area contributed by atoms with Gasteiger partial charge < -0.3 is 19.7 Å².